The van der Waals surface area contributed by atoms with Crippen molar-refractivity contribution in [1.29, 1.82) is 0 Å². The third-order valence-electron chi connectivity index (χ3n) is 0.789. The van der Waals surface area contributed by atoms with Gasteiger partial charge in [0.15, 0.2) is 0 Å². The molecule has 4 nitrogen and oxygen atoms in total. The molecule has 0 atom stereocenters. The van der Waals surface area contributed by atoms with Gasteiger partial charge in [0.2, 0.25) is 0 Å². The molecule has 0 rings (SSSR count). The second kappa shape index (κ2) is 9.95. The Morgan fingerprint density at radius 3 is 1.82 bits per heavy atom. The number of hydrogen-bond donors (Lipinski definition) is 0. The normalized spacial score (nSPS) is 9.64. The van der Waals surface area contributed by atoms with Gasteiger partial charge >= 0.3 is 59.1 Å². The Bertz CT molecular complexity index is 155. The van der Waals surface area contributed by atoms with Crippen LogP contribution in [0.25, 0.3) is 0 Å². The van der Waals surface area contributed by atoms with E-state index in [0.29, 0.717) is 0 Å². The van der Waals surface area contributed by atoms with Gasteiger partial charge in [-0.25, -0.2) is 8.42 Å². The second-order valence-electron chi connectivity index (χ2n) is 1.67. The Kier molecular flexibility index (Phi) is 16.8. The van der Waals surface area contributed by atoms with Crippen LogP contribution in [0.5, 0.6) is 0 Å². The molecule has 0 saturated carbocycles. The fraction of sp³-hybridized carbons (Fsp3) is 1.00. The molecule has 0 heterocycles. The van der Waals surface area contributed by atoms with E-state index >= 15 is 0 Å². The van der Waals surface area contributed by atoms with Crippen LogP contribution in [0.2, 0.25) is 0 Å². The Labute approximate surface area is 111 Å². The van der Waals surface area contributed by atoms with Crippen LogP contribution >= 0.6 is 0 Å². The zero-order chi connectivity index (χ0) is 7.33. The number of hydrogen-bond acceptors (Lipinski definition) is 4. The standard InChI is InChI=1S/C4H9O4S.2Na/c5-3-1-2-4-9(6,7)8;;/h1-4H2,(H,6,7,8);;/q-1;2*+1/p-1. The molecule has 0 aliphatic heterocycles. The maximum absolute atomic E-state index is 9.85. The molecular weight excluding hydrogens is 190 g/mol. The molecule has 0 unspecified atom stereocenters. The van der Waals surface area contributed by atoms with E-state index < -0.39 is 15.9 Å². The molecule has 0 aliphatic carbocycles. The van der Waals surface area contributed by atoms with Crippen molar-refractivity contribution >= 4 is 10.1 Å². The fourth-order valence-corrected chi connectivity index (χ4v) is 0.939. The maximum atomic E-state index is 9.85. The van der Waals surface area contributed by atoms with E-state index in [1.165, 1.54) is 0 Å². The third kappa shape index (κ3) is 18.7. The van der Waals surface area contributed by atoms with Gasteiger partial charge in [-0.15, -0.1) is 6.61 Å². The van der Waals surface area contributed by atoms with Crippen LogP contribution in [0.4, 0.5) is 0 Å². The summed E-state index contributed by atoms with van der Waals surface area (Å²) in [5.74, 6) is -0.408. The Balaban J connectivity index is -0.000000320. The predicted molar refractivity (Wildman–Crippen MR) is 28.7 cm³/mol. The quantitative estimate of drug-likeness (QED) is 0.255. The summed E-state index contributed by atoms with van der Waals surface area (Å²) in [7, 11) is -4.09. The first-order chi connectivity index (χ1) is 4.06. The van der Waals surface area contributed by atoms with Crippen molar-refractivity contribution in [3.63, 3.8) is 0 Å². The first-order valence-corrected chi connectivity index (χ1v) is 4.15. The molecule has 0 amide bonds. The first-order valence-electron chi connectivity index (χ1n) is 2.58. The molecule has 0 radical (unpaired) electrons. The van der Waals surface area contributed by atoms with Crippen LogP contribution in [-0.4, -0.2) is 25.3 Å². The van der Waals surface area contributed by atoms with Crippen molar-refractivity contribution in [1.82, 2.24) is 0 Å². The van der Waals surface area contributed by atoms with E-state index in [2.05, 4.69) is 0 Å². The summed E-state index contributed by atoms with van der Waals surface area (Å²) in [6, 6.07) is 0. The van der Waals surface area contributed by atoms with Crippen molar-refractivity contribution in [2.45, 2.75) is 12.8 Å². The Morgan fingerprint density at radius 2 is 1.55 bits per heavy atom. The zero-order valence-corrected chi connectivity index (χ0v) is 11.7. The van der Waals surface area contributed by atoms with Gasteiger partial charge in [-0.3, -0.25) is 0 Å². The van der Waals surface area contributed by atoms with E-state index in [1.807, 2.05) is 0 Å². The van der Waals surface area contributed by atoms with E-state index in [1.54, 1.807) is 0 Å². The molecule has 56 valence electrons. The SMILES string of the molecule is O=S(=O)([O-])CCCC[O-].[Na+].[Na+]. The summed E-state index contributed by atoms with van der Waals surface area (Å²) in [6.45, 7) is -0.310. The fourth-order valence-electron chi connectivity index (χ4n) is 0.381. The van der Waals surface area contributed by atoms with Gasteiger partial charge in [0.05, 0.1) is 10.1 Å². The van der Waals surface area contributed by atoms with Crippen LogP contribution in [0.3, 0.4) is 0 Å². The minimum absolute atomic E-state index is 0. The van der Waals surface area contributed by atoms with Crippen molar-refractivity contribution in [3.8, 4) is 0 Å². The van der Waals surface area contributed by atoms with Crippen LogP contribution in [0.1, 0.15) is 12.8 Å². The molecule has 7 heteroatoms. The van der Waals surface area contributed by atoms with E-state index in [-0.39, 0.29) is 78.6 Å². The van der Waals surface area contributed by atoms with Crippen molar-refractivity contribution in [2.24, 2.45) is 0 Å². The number of rotatable bonds is 4. The molecule has 0 spiro atoms. The summed E-state index contributed by atoms with van der Waals surface area (Å²) >= 11 is 0. The molecule has 0 aliphatic rings. The number of unbranched alkanes of at least 4 members (excludes halogenated alkanes) is 1. The zero-order valence-electron chi connectivity index (χ0n) is 6.87. The molecule has 11 heavy (non-hydrogen) atoms. The van der Waals surface area contributed by atoms with Crippen LogP contribution in [0, 0.1) is 0 Å². The molecule has 0 bridgehead atoms. The first kappa shape index (κ1) is 18.6. The van der Waals surface area contributed by atoms with Crippen LogP contribution < -0.4 is 64.2 Å². The molecule has 0 aromatic rings. The van der Waals surface area contributed by atoms with Crippen LogP contribution in [-0.2, 0) is 10.1 Å². The average molecular weight is 198 g/mol. The monoisotopic (exact) mass is 198 g/mol. The molecule has 0 fully saturated rings. The van der Waals surface area contributed by atoms with Crippen molar-refractivity contribution in [2.75, 3.05) is 12.4 Å². The average Bonchev–Trinajstić information content (AvgIpc) is 1.63. The summed E-state index contributed by atoms with van der Waals surface area (Å²) in [6.07, 6.45) is 0.455. The molecular formula is C4H8Na2O4S. The third-order valence-corrected chi connectivity index (χ3v) is 1.58. The van der Waals surface area contributed by atoms with Gasteiger partial charge in [-0.05, 0) is 6.42 Å². The minimum Gasteiger partial charge on any atom is -0.854 e. The van der Waals surface area contributed by atoms with Gasteiger partial charge in [0.1, 0.15) is 0 Å². The predicted octanol–water partition coefficient (Wildman–Crippen LogP) is -7.32. The topological polar surface area (TPSA) is 80.3 Å². The molecule has 0 aromatic carbocycles. The van der Waals surface area contributed by atoms with Gasteiger partial charge in [-0.1, -0.05) is 6.42 Å². The summed E-state index contributed by atoms with van der Waals surface area (Å²) in [4.78, 5) is 0. The molecule has 0 aromatic heterocycles. The van der Waals surface area contributed by atoms with Gasteiger partial charge in [0.25, 0.3) is 0 Å². The van der Waals surface area contributed by atoms with Gasteiger partial charge in [0, 0.05) is 5.75 Å². The van der Waals surface area contributed by atoms with Gasteiger partial charge < -0.3 is 9.66 Å². The minimum atomic E-state index is -4.09. The van der Waals surface area contributed by atoms with Gasteiger partial charge in [-0.2, -0.15) is 0 Å². The molecule has 0 N–H and O–H groups in total. The van der Waals surface area contributed by atoms with E-state index in [4.69, 9.17) is 0 Å². The van der Waals surface area contributed by atoms with Crippen LogP contribution in [0.15, 0.2) is 0 Å². The summed E-state index contributed by atoms with van der Waals surface area (Å²) in [5, 5.41) is 9.72. The second-order valence-corrected chi connectivity index (χ2v) is 3.20. The summed E-state index contributed by atoms with van der Waals surface area (Å²) in [5.41, 5.74) is 0. The molecule has 0 saturated heterocycles. The van der Waals surface area contributed by atoms with Crippen molar-refractivity contribution < 1.29 is 77.2 Å². The van der Waals surface area contributed by atoms with Crippen molar-refractivity contribution in [3.05, 3.63) is 0 Å². The smallest absolute Gasteiger partial charge is 0.854 e. The van der Waals surface area contributed by atoms with E-state index in [0.717, 1.165) is 0 Å². The maximum Gasteiger partial charge on any atom is 1.00 e. The Hall–Kier alpha value is 1.87. The Morgan fingerprint density at radius 1 is 1.09 bits per heavy atom. The van der Waals surface area contributed by atoms with E-state index in [9.17, 15) is 18.1 Å². The summed E-state index contributed by atoms with van der Waals surface area (Å²) < 4.78 is 29.5. The largest absolute Gasteiger partial charge is 1.00 e.